The quantitative estimate of drug-likeness (QED) is 0.773. The summed E-state index contributed by atoms with van der Waals surface area (Å²) in [5.41, 5.74) is 5.33. The molecule has 0 aliphatic heterocycles. The Bertz CT molecular complexity index is 449. The number of nitrogens with one attached hydrogen (secondary N) is 1. The zero-order valence-electron chi connectivity index (χ0n) is 11.2. The van der Waals surface area contributed by atoms with Gasteiger partial charge in [-0.25, -0.2) is 4.79 Å². The molecule has 0 atom stereocenters. The Morgan fingerprint density at radius 3 is 2.32 bits per heavy atom. The first-order chi connectivity index (χ1) is 8.82. The maximum atomic E-state index is 11.6. The number of hydrogen-bond donors (Lipinski definition) is 2. The molecule has 0 saturated carbocycles. The predicted octanol–water partition coefficient (Wildman–Crippen LogP) is 0.914. The molecule has 0 fully saturated rings. The van der Waals surface area contributed by atoms with E-state index in [1.54, 1.807) is 38.1 Å². The fourth-order valence-electron chi connectivity index (χ4n) is 1.13. The Balaban J connectivity index is 2.57. The minimum atomic E-state index is -0.944. The van der Waals surface area contributed by atoms with Crippen LogP contribution in [0.1, 0.15) is 13.8 Å². The van der Waals surface area contributed by atoms with Crippen molar-refractivity contribution < 1.29 is 19.1 Å². The lowest BCUT2D eigenvalue weighted by Crippen LogP contribution is -2.45. The van der Waals surface area contributed by atoms with Crippen molar-refractivity contribution in [1.29, 1.82) is 0 Å². The molecule has 1 rings (SSSR count). The number of benzene rings is 1. The molecular formula is C13H18N2O4. The molecule has 0 saturated heterocycles. The maximum Gasteiger partial charge on any atom is 0.343 e. The van der Waals surface area contributed by atoms with Crippen LogP contribution in [0.4, 0.5) is 5.69 Å². The highest BCUT2D eigenvalue weighted by Gasteiger charge is 2.21. The first-order valence-electron chi connectivity index (χ1n) is 5.73. The molecule has 6 heteroatoms. The number of esters is 1. The summed E-state index contributed by atoms with van der Waals surface area (Å²) in [6.45, 7) is 3.09. The number of rotatable bonds is 5. The van der Waals surface area contributed by atoms with Crippen LogP contribution < -0.4 is 15.8 Å². The molecule has 1 amide bonds. The molecule has 1 aromatic rings. The van der Waals surface area contributed by atoms with Gasteiger partial charge in [-0.05, 0) is 38.1 Å². The van der Waals surface area contributed by atoms with Gasteiger partial charge in [0.1, 0.15) is 5.75 Å². The van der Waals surface area contributed by atoms with Gasteiger partial charge in [0.05, 0.1) is 12.6 Å². The second-order valence-electron chi connectivity index (χ2n) is 4.56. The SMILES string of the molecule is COC(=O)COc1ccc(NC(=O)C(C)(C)N)cc1. The van der Waals surface area contributed by atoms with Gasteiger partial charge in [-0.1, -0.05) is 0 Å². The van der Waals surface area contributed by atoms with E-state index in [4.69, 9.17) is 10.5 Å². The zero-order valence-corrected chi connectivity index (χ0v) is 11.2. The molecular weight excluding hydrogens is 248 g/mol. The molecule has 19 heavy (non-hydrogen) atoms. The van der Waals surface area contributed by atoms with Crippen LogP contribution in [0.25, 0.3) is 0 Å². The summed E-state index contributed by atoms with van der Waals surface area (Å²) in [7, 11) is 1.29. The summed E-state index contributed by atoms with van der Waals surface area (Å²) in [5.74, 6) is -0.228. The van der Waals surface area contributed by atoms with Crippen molar-refractivity contribution in [2.75, 3.05) is 19.0 Å². The average Bonchev–Trinajstić information content (AvgIpc) is 2.36. The summed E-state index contributed by atoms with van der Waals surface area (Å²) in [6, 6.07) is 6.61. The first kappa shape index (κ1) is 15.0. The number of methoxy groups -OCH3 is 1. The second kappa shape index (κ2) is 6.19. The van der Waals surface area contributed by atoms with E-state index in [1.165, 1.54) is 7.11 Å². The number of nitrogens with two attached hydrogens (primary N) is 1. The van der Waals surface area contributed by atoms with Crippen molar-refractivity contribution in [3.8, 4) is 5.75 Å². The normalized spacial score (nSPS) is 10.7. The molecule has 6 nitrogen and oxygen atoms in total. The summed E-state index contributed by atoms with van der Waals surface area (Å²) in [4.78, 5) is 22.5. The number of ether oxygens (including phenoxy) is 2. The molecule has 0 aliphatic rings. The van der Waals surface area contributed by atoms with Gasteiger partial charge in [0.15, 0.2) is 6.61 Å². The molecule has 104 valence electrons. The summed E-state index contributed by atoms with van der Waals surface area (Å²) < 4.78 is 9.62. The van der Waals surface area contributed by atoms with Crippen LogP contribution in [0.5, 0.6) is 5.75 Å². The van der Waals surface area contributed by atoms with Crippen LogP contribution in [-0.4, -0.2) is 31.1 Å². The van der Waals surface area contributed by atoms with Gasteiger partial charge in [-0.2, -0.15) is 0 Å². The lowest BCUT2D eigenvalue weighted by Gasteiger charge is -2.17. The number of carbonyl (C=O) groups is 2. The number of amides is 1. The van der Waals surface area contributed by atoms with E-state index in [-0.39, 0.29) is 12.5 Å². The Morgan fingerprint density at radius 2 is 1.84 bits per heavy atom. The van der Waals surface area contributed by atoms with Crippen molar-refractivity contribution >= 4 is 17.6 Å². The smallest absolute Gasteiger partial charge is 0.343 e. The minimum Gasteiger partial charge on any atom is -0.482 e. The molecule has 0 aliphatic carbocycles. The molecule has 0 heterocycles. The minimum absolute atomic E-state index is 0.155. The molecule has 0 aromatic heterocycles. The van der Waals surface area contributed by atoms with Crippen LogP contribution in [0, 0.1) is 0 Å². The lowest BCUT2D eigenvalue weighted by molar-refractivity contribution is -0.142. The van der Waals surface area contributed by atoms with Gasteiger partial charge in [-0.3, -0.25) is 4.79 Å². The van der Waals surface area contributed by atoms with Gasteiger partial charge in [0.25, 0.3) is 0 Å². The summed E-state index contributed by atoms with van der Waals surface area (Å²) in [5, 5.41) is 2.67. The molecule has 0 spiro atoms. The van der Waals surface area contributed by atoms with Gasteiger partial charge in [0.2, 0.25) is 5.91 Å². The Labute approximate surface area is 111 Å². The Morgan fingerprint density at radius 1 is 1.26 bits per heavy atom. The largest absolute Gasteiger partial charge is 0.482 e. The van der Waals surface area contributed by atoms with Crippen LogP contribution in [0.2, 0.25) is 0 Å². The van der Waals surface area contributed by atoms with Crippen molar-refractivity contribution in [2.45, 2.75) is 19.4 Å². The monoisotopic (exact) mass is 266 g/mol. The third-order valence-corrected chi connectivity index (χ3v) is 2.28. The third kappa shape index (κ3) is 4.97. The second-order valence-corrected chi connectivity index (χ2v) is 4.56. The number of hydrogen-bond acceptors (Lipinski definition) is 5. The van der Waals surface area contributed by atoms with E-state index >= 15 is 0 Å². The fraction of sp³-hybridized carbons (Fsp3) is 0.385. The fourth-order valence-corrected chi connectivity index (χ4v) is 1.13. The van der Waals surface area contributed by atoms with Crippen molar-refractivity contribution in [3.05, 3.63) is 24.3 Å². The van der Waals surface area contributed by atoms with Crippen LogP contribution in [-0.2, 0) is 14.3 Å². The van der Waals surface area contributed by atoms with E-state index in [2.05, 4.69) is 10.1 Å². The van der Waals surface area contributed by atoms with Crippen LogP contribution in [0.3, 0.4) is 0 Å². The van der Waals surface area contributed by atoms with E-state index < -0.39 is 11.5 Å². The molecule has 0 radical (unpaired) electrons. The van der Waals surface area contributed by atoms with E-state index in [1.807, 2.05) is 0 Å². The average molecular weight is 266 g/mol. The van der Waals surface area contributed by atoms with Crippen molar-refractivity contribution in [3.63, 3.8) is 0 Å². The summed E-state index contributed by atoms with van der Waals surface area (Å²) >= 11 is 0. The topological polar surface area (TPSA) is 90.6 Å². The lowest BCUT2D eigenvalue weighted by atomic mass is 10.1. The van der Waals surface area contributed by atoms with Gasteiger partial charge in [-0.15, -0.1) is 0 Å². The highest BCUT2D eigenvalue weighted by molar-refractivity contribution is 5.97. The molecule has 0 unspecified atom stereocenters. The third-order valence-electron chi connectivity index (χ3n) is 2.28. The zero-order chi connectivity index (χ0) is 14.5. The Hall–Kier alpha value is -2.08. The molecule has 0 bridgehead atoms. The van der Waals surface area contributed by atoms with E-state index in [0.29, 0.717) is 11.4 Å². The van der Waals surface area contributed by atoms with Gasteiger partial charge in [0, 0.05) is 5.69 Å². The summed E-state index contributed by atoms with van der Waals surface area (Å²) in [6.07, 6.45) is 0. The van der Waals surface area contributed by atoms with Crippen molar-refractivity contribution in [2.24, 2.45) is 5.73 Å². The van der Waals surface area contributed by atoms with Gasteiger partial charge < -0.3 is 20.5 Å². The van der Waals surface area contributed by atoms with E-state index in [0.717, 1.165) is 0 Å². The number of anilines is 1. The number of carbonyl (C=O) groups excluding carboxylic acids is 2. The molecule has 3 N–H and O–H groups in total. The Kier molecular flexibility index (Phi) is 4.88. The standard InChI is InChI=1S/C13H18N2O4/c1-13(2,14)12(17)15-9-4-6-10(7-5-9)19-8-11(16)18-3/h4-7H,8,14H2,1-3H3,(H,15,17). The highest BCUT2D eigenvalue weighted by Crippen LogP contribution is 2.16. The van der Waals surface area contributed by atoms with E-state index in [9.17, 15) is 9.59 Å². The highest BCUT2D eigenvalue weighted by atomic mass is 16.6. The van der Waals surface area contributed by atoms with Crippen molar-refractivity contribution in [1.82, 2.24) is 0 Å². The van der Waals surface area contributed by atoms with Gasteiger partial charge >= 0.3 is 5.97 Å². The predicted molar refractivity (Wildman–Crippen MR) is 70.8 cm³/mol. The van der Waals surface area contributed by atoms with Crippen LogP contribution in [0.15, 0.2) is 24.3 Å². The molecule has 1 aromatic carbocycles. The van der Waals surface area contributed by atoms with Crippen LogP contribution >= 0.6 is 0 Å². The maximum absolute atomic E-state index is 11.6. The first-order valence-corrected chi connectivity index (χ1v) is 5.73.